The first kappa shape index (κ1) is 22.0. The number of hydrogen-bond donors (Lipinski definition) is 0. The number of esters is 1. The van der Waals surface area contributed by atoms with Crippen molar-refractivity contribution in [3.8, 4) is 0 Å². The van der Waals surface area contributed by atoms with Crippen LogP contribution in [0.25, 0.3) is 5.76 Å². The van der Waals surface area contributed by atoms with Gasteiger partial charge in [-0.25, -0.2) is 13.2 Å². The van der Waals surface area contributed by atoms with Crippen molar-refractivity contribution in [2.45, 2.75) is 24.3 Å². The molecule has 0 spiro atoms. The van der Waals surface area contributed by atoms with Crippen molar-refractivity contribution in [2.24, 2.45) is 5.92 Å². The molecule has 0 unspecified atom stereocenters. The van der Waals surface area contributed by atoms with Crippen LogP contribution in [0.4, 0.5) is 13.2 Å². The molecule has 8 nitrogen and oxygen atoms in total. The number of sulfonamides is 1. The van der Waals surface area contributed by atoms with Crippen molar-refractivity contribution in [2.75, 3.05) is 13.7 Å². The van der Waals surface area contributed by atoms with Crippen molar-refractivity contribution in [3.05, 3.63) is 35.5 Å². The fourth-order valence-electron chi connectivity index (χ4n) is 2.41. The Morgan fingerprint density at radius 2 is 1.79 bits per heavy atom. The van der Waals surface area contributed by atoms with Crippen molar-refractivity contribution in [1.82, 2.24) is 4.31 Å². The molecule has 156 valence electrons. The molecule has 0 aromatic heterocycles. The minimum atomic E-state index is -6.19. The number of rotatable bonds is 5. The molecular weight excluding hydrogens is 427 g/mol. The van der Waals surface area contributed by atoms with Crippen molar-refractivity contribution < 1.29 is 43.7 Å². The van der Waals surface area contributed by atoms with E-state index in [2.05, 4.69) is 8.92 Å². The number of ether oxygens (including phenoxy) is 1. The lowest BCUT2D eigenvalue weighted by molar-refractivity contribution is -0.137. The Kier molecular flexibility index (Phi) is 5.72. The molecule has 1 aromatic carbocycles. The molecule has 1 heterocycles. The summed E-state index contributed by atoms with van der Waals surface area (Å²) >= 11 is 0. The number of carbonyl (C=O) groups excluding carboxylic acids is 1. The summed E-state index contributed by atoms with van der Waals surface area (Å²) in [7, 11) is -9.71. The van der Waals surface area contributed by atoms with Gasteiger partial charge >= 0.3 is 21.6 Å². The van der Waals surface area contributed by atoms with E-state index >= 15 is 0 Å². The van der Waals surface area contributed by atoms with Crippen LogP contribution in [0.3, 0.4) is 0 Å². The molecule has 0 aliphatic carbocycles. The van der Waals surface area contributed by atoms with E-state index in [1.54, 1.807) is 13.8 Å². The van der Waals surface area contributed by atoms with Crippen molar-refractivity contribution in [1.29, 1.82) is 0 Å². The zero-order chi connectivity index (χ0) is 21.5. The highest BCUT2D eigenvalue weighted by atomic mass is 32.2. The predicted octanol–water partition coefficient (Wildman–Crippen LogP) is 2.05. The maximum Gasteiger partial charge on any atom is 0.534 e. The molecule has 0 amide bonds. The van der Waals surface area contributed by atoms with Crippen LogP contribution in [0.2, 0.25) is 0 Å². The smallest absolute Gasteiger partial charge is 0.464 e. The first-order valence-electron chi connectivity index (χ1n) is 7.69. The maximum absolute atomic E-state index is 12.9. The number of fused-ring (bicyclic) bond motifs is 1. The molecule has 13 heteroatoms. The fraction of sp³-hybridized carbons (Fsp3) is 0.400. The maximum atomic E-state index is 12.9. The first-order valence-corrected chi connectivity index (χ1v) is 10.5. The number of nitrogens with zero attached hydrogens (tertiary/aromatic N) is 1. The molecule has 0 saturated heterocycles. The number of carbonyl (C=O) groups is 1. The van der Waals surface area contributed by atoms with Crippen LogP contribution in [0, 0.1) is 5.92 Å². The SMILES string of the molecule is COC(=O)C1=C(OS(=O)(=O)C(F)(F)F)c2ccccc2S(=O)(=O)N1CC(C)C. The quantitative estimate of drug-likeness (QED) is 0.389. The van der Waals surface area contributed by atoms with Gasteiger partial charge in [-0.1, -0.05) is 26.0 Å². The van der Waals surface area contributed by atoms with Gasteiger partial charge in [0.25, 0.3) is 10.0 Å². The second kappa shape index (κ2) is 7.28. The van der Waals surface area contributed by atoms with Crippen LogP contribution < -0.4 is 0 Å². The molecule has 0 fully saturated rings. The van der Waals surface area contributed by atoms with Crippen LogP contribution >= 0.6 is 0 Å². The van der Waals surface area contributed by atoms with Gasteiger partial charge in [-0.05, 0) is 18.1 Å². The molecule has 1 aliphatic rings. The number of alkyl halides is 3. The third-order valence-corrected chi connectivity index (χ3v) is 6.33. The highest BCUT2D eigenvalue weighted by Crippen LogP contribution is 2.41. The van der Waals surface area contributed by atoms with E-state index < -0.39 is 53.5 Å². The standard InChI is InChI=1S/C15H16F3NO7S2/c1-9(2)8-19-12(14(20)25-3)13(26-28(23,24)15(16,17)18)10-6-4-5-7-11(10)27(19,21)22/h4-7,9H,8H2,1-3H3. The molecule has 0 radical (unpaired) electrons. The zero-order valence-electron chi connectivity index (χ0n) is 14.8. The third-order valence-electron chi connectivity index (χ3n) is 3.55. The van der Waals surface area contributed by atoms with E-state index in [-0.39, 0.29) is 12.5 Å². The average Bonchev–Trinajstić information content (AvgIpc) is 2.57. The summed E-state index contributed by atoms with van der Waals surface area (Å²) in [5.74, 6) is -2.82. The minimum absolute atomic E-state index is 0.333. The van der Waals surface area contributed by atoms with Gasteiger partial charge < -0.3 is 8.92 Å². The van der Waals surface area contributed by atoms with Gasteiger partial charge in [0, 0.05) is 12.1 Å². The fourth-order valence-corrected chi connectivity index (χ4v) is 4.71. The van der Waals surface area contributed by atoms with Crippen LogP contribution in [-0.4, -0.2) is 46.3 Å². The van der Waals surface area contributed by atoms with Gasteiger partial charge in [0.05, 0.1) is 12.0 Å². The minimum Gasteiger partial charge on any atom is -0.464 e. The van der Waals surface area contributed by atoms with Gasteiger partial charge in [-0.2, -0.15) is 21.6 Å². The summed E-state index contributed by atoms with van der Waals surface area (Å²) in [6.07, 6.45) is 0. The lowest BCUT2D eigenvalue weighted by atomic mass is 10.1. The second-order valence-corrected chi connectivity index (χ2v) is 9.45. The lowest BCUT2D eigenvalue weighted by Gasteiger charge is -2.33. The highest BCUT2D eigenvalue weighted by Gasteiger charge is 2.51. The zero-order valence-corrected chi connectivity index (χ0v) is 16.5. The summed E-state index contributed by atoms with van der Waals surface area (Å²) < 4.78 is 96.8. The lowest BCUT2D eigenvalue weighted by Crippen LogP contribution is -2.41. The predicted molar refractivity (Wildman–Crippen MR) is 90.2 cm³/mol. The highest BCUT2D eigenvalue weighted by molar-refractivity contribution is 7.89. The number of benzene rings is 1. The van der Waals surface area contributed by atoms with Crippen molar-refractivity contribution in [3.63, 3.8) is 0 Å². The molecule has 2 rings (SSSR count). The Morgan fingerprint density at radius 3 is 2.29 bits per heavy atom. The molecule has 0 N–H and O–H groups in total. The van der Waals surface area contributed by atoms with Gasteiger partial charge in [0.2, 0.25) is 0 Å². The monoisotopic (exact) mass is 443 g/mol. The second-order valence-electron chi connectivity index (χ2n) is 6.08. The molecule has 0 bridgehead atoms. The van der Waals surface area contributed by atoms with E-state index in [9.17, 15) is 34.8 Å². The normalized spacial score (nSPS) is 16.8. The molecule has 1 aliphatic heterocycles. The first-order chi connectivity index (χ1) is 12.7. The molecule has 28 heavy (non-hydrogen) atoms. The topological polar surface area (TPSA) is 107 Å². The summed E-state index contributed by atoms with van der Waals surface area (Å²) in [4.78, 5) is 11.8. The van der Waals surface area contributed by atoms with E-state index in [1.165, 1.54) is 12.1 Å². The number of methoxy groups -OCH3 is 1. The molecule has 0 saturated carbocycles. The summed E-state index contributed by atoms with van der Waals surface area (Å²) in [6.45, 7) is 2.86. The van der Waals surface area contributed by atoms with Crippen molar-refractivity contribution >= 4 is 31.9 Å². The Labute approximate surface area is 159 Å². The number of hydrogen-bond acceptors (Lipinski definition) is 7. The van der Waals surface area contributed by atoms with Gasteiger partial charge in [-0.15, -0.1) is 0 Å². The van der Waals surface area contributed by atoms with Crippen LogP contribution in [-0.2, 0) is 33.9 Å². The summed E-state index contributed by atoms with van der Waals surface area (Å²) in [5.41, 5.74) is -7.26. The van der Waals surface area contributed by atoms with Gasteiger partial charge in [-0.3, -0.25) is 4.31 Å². The average molecular weight is 443 g/mol. The Morgan fingerprint density at radius 1 is 1.21 bits per heavy atom. The molecule has 0 atom stereocenters. The van der Waals surface area contributed by atoms with E-state index in [4.69, 9.17) is 0 Å². The van der Waals surface area contributed by atoms with E-state index in [0.29, 0.717) is 4.31 Å². The summed E-state index contributed by atoms with van der Waals surface area (Å²) in [6, 6.07) is 4.65. The van der Waals surface area contributed by atoms with Crippen LogP contribution in [0.5, 0.6) is 0 Å². The third kappa shape index (κ3) is 3.81. The Hall–Kier alpha value is -2.28. The van der Waals surface area contributed by atoms with E-state index in [1.807, 2.05) is 0 Å². The van der Waals surface area contributed by atoms with Crippen LogP contribution in [0.15, 0.2) is 34.9 Å². The van der Waals surface area contributed by atoms with E-state index in [0.717, 1.165) is 19.2 Å². The molecule has 1 aromatic rings. The molecular formula is C15H16F3NO7S2. The number of halogens is 3. The largest absolute Gasteiger partial charge is 0.534 e. The Bertz CT molecular complexity index is 1030. The summed E-state index contributed by atoms with van der Waals surface area (Å²) in [5, 5.41) is 0. The Balaban J connectivity index is 2.90. The van der Waals surface area contributed by atoms with Crippen LogP contribution in [0.1, 0.15) is 19.4 Å². The van der Waals surface area contributed by atoms with Gasteiger partial charge in [0.1, 0.15) is 0 Å². The van der Waals surface area contributed by atoms with Gasteiger partial charge in [0.15, 0.2) is 11.5 Å².